The van der Waals surface area contributed by atoms with E-state index < -0.39 is 0 Å². The molecule has 0 aliphatic carbocycles. The predicted octanol–water partition coefficient (Wildman–Crippen LogP) is 3.71. The normalized spacial score (nSPS) is 13.2. The van der Waals surface area contributed by atoms with Crippen LogP contribution in [0.3, 0.4) is 0 Å². The molecule has 1 unspecified atom stereocenters. The Hall–Kier alpha value is -3.52. The number of fused-ring (bicyclic) bond motifs is 5. The topological polar surface area (TPSA) is 89.3 Å². The van der Waals surface area contributed by atoms with Crippen LogP contribution in [0.2, 0.25) is 0 Å². The fourth-order valence-corrected chi connectivity index (χ4v) is 4.35. The highest BCUT2D eigenvalue weighted by Gasteiger charge is 2.28. The van der Waals surface area contributed by atoms with E-state index in [1.165, 1.54) is 0 Å². The maximum absolute atomic E-state index is 13.4. The van der Waals surface area contributed by atoms with Crippen molar-refractivity contribution in [1.82, 2.24) is 20.3 Å². The third-order valence-corrected chi connectivity index (χ3v) is 6.07. The second-order valence-electron chi connectivity index (χ2n) is 8.47. The SMILES string of the molecule is CCOC(C)CCC(=O)NCCC(=O)N1Cc2ccccc2-c2c(nnn2C)-c2ccccc21. The standard InChI is InChI=1S/C26H31N5O3/c1-4-34-18(2)13-14-23(32)27-16-15-24(33)31-17-19-9-5-6-10-20(19)26-25(28-29-30(26)3)21-11-7-8-12-22(21)31/h5-12,18H,4,13-17H2,1-3H3,(H,27,32). The van der Waals surface area contributed by atoms with Crippen LogP contribution in [0.4, 0.5) is 5.69 Å². The summed E-state index contributed by atoms with van der Waals surface area (Å²) in [6.45, 7) is 5.25. The molecule has 1 aliphatic heterocycles. The molecule has 1 aromatic heterocycles. The number of benzene rings is 2. The lowest BCUT2D eigenvalue weighted by Gasteiger charge is -2.28. The summed E-state index contributed by atoms with van der Waals surface area (Å²) in [5, 5.41) is 11.6. The highest BCUT2D eigenvalue weighted by atomic mass is 16.5. The van der Waals surface area contributed by atoms with Gasteiger partial charge in [0.15, 0.2) is 0 Å². The minimum atomic E-state index is -0.0676. The van der Waals surface area contributed by atoms with Gasteiger partial charge < -0.3 is 15.0 Å². The summed E-state index contributed by atoms with van der Waals surface area (Å²) in [6, 6.07) is 15.8. The highest BCUT2D eigenvalue weighted by Crippen LogP contribution is 2.40. The van der Waals surface area contributed by atoms with E-state index in [9.17, 15) is 9.59 Å². The van der Waals surface area contributed by atoms with Crippen LogP contribution in [0.1, 0.15) is 38.7 Å². The number of para-hydroxylation sites is 1. The molecule has 0 saturated carbocycles. The van der Waals surface area contributed by atoms with Crippen molar-refractivity contribution in [1.29, 1.82) is 0 Å². The minimum absolute atomic E-state index is 0.0426. The monoisotopic (exact) mass is 461 g/mol. The maximum atomic E-state index is 13.4. The number of rotatable bonds is 8. The fraction of sp³-hybridized carbons (Fsp3) is 0.385. The molecule has 1 aliphatic rings. The molecule has 3 aromatic rings. The van der Waals surface area contributed by atoms with E-state index in [1.807, 2.05) is 69.4 Å². The first-order valence-electron chi connectivity index (χ1n) is 11.8. The Morgan fingerprint density at radius 1 is 1.09 bits per heavy atom. The summed E-state index contributed by atoms with van der Waals surface area (Å²) in [7, 11) is 1.88. The second kappa shape index (κ2) is 10.6. The van der Waals surface area contributed by atoms with E-state index in [4.69, 9.17) is 4.74 Å². The van der Waals surface area contributed by atoms with E-state index in [-0.39, 0.29) is 30.9 Å². The third kappa shape index (κ3) is 5.02. The second-order valence-corrected chi connectivity index (χ2v) is 8.47. The summed E-state index contributed by atoms with van der Waals surface area (Å²) in [5.41, 5.74) is 5.37. The van der Waals surface area contributed by atoms with Crippen LogP contribution in [-0.4, -0.2) is 46.1 Å². The Bertz CT molecular complexity index is 1170. The Balaban J connectivity index is 1.53. The molecule has 1 atom stereocenters. The molecule has 0 fully saturated rings. The van der Waals surface area contributed by atoms with Crippen LogP contribution in [0.25, 0.3) is 22.5 Å². The maximum Gasteiger partial charge on any atom is 0.229 e. The average molecular weight is 462 g/mol. The summed E-state index contributed by atoms with van der Waals surface area (Å²) < 4.78 is 7.26. The van der Waals surface area contributed by atoms with E-state index in [0.29, 0.717) is 26.0 Å². The molecule has 8 heteroatoms. The van der Waals surface area contributed by atoms with Gasteiger partial charge in [0.2, 0.25) is 11.8 Å². The molecule has 1 N–H and O–H groups in total. The van der Waals surface area contributed by atoms with Crippen molar-refractivity contribution in [3.8, 4) is 22.5 Å². The van der Waals surface area contributed by atoms with Gasteiger partial charge in [0, 0.05) is 44.2 Å². The summed E-state index contributed by atoms with van der Waals surface area (Å²) in [6.07, 6.45) is 1.28. The van der Waals surface area contributed by atoms with Gasteiger partial charge in [-0.2, -0.15) is 0 Å². The van der Waals surface area contributed by atoms with Crippen molar-refractivity contribution in [2.45, 2.75) is 45.8 Å². The van der Waals surface area contributed by atoms with Crippen molar-refractivity contribution in [3.63, 3.8) is 0 Å². The molecule has 0 radical (unpaired) electrons. The van der Waals surface area contributed by atoms with E-state index in [0.717, 1.165) is 33.8 Å². The lowest BCUT2D eigenvalue weighted by atomic mass is 9.95. The molecule has 2 amide bonds. The molecule has 4 rings (SSSR count). The lowest BCUT2D eigenvalue weighted by molar-refractivity contribution is -0.122. The Kier molecular flexibility index (Phi) is 7.37. The van der Waals surface area contributed by atoms with Crippen LogP contribution in [-0.2, 0) is 27.9 Å². The van der Waals surface area contributed by atoms with Crippen LogP contribution < -0.4 is 10.2 Å². The van der Waals surface area contributed by atoms with Gasteiger partial charge in [0.1, 0.15) is 5.69 Å². The van der Waals surface area contributed by atoms with Gasteiger partial charge in [-0.25, -0.2) is 4.68 Å². The zero-order valence-corrected chi connectivity index (χ0v) is 20.0. The van der Waals surface area contributed by atoms with E-state index in [2.05, 4.69) is 15.6 Å². The highest BCUT2D eigenvalue weighted by molar-refractivity contribution is 6.00. The van der Waals surface area contributed by atoms with Gasteiger partial charge in [-0.15, -0.1) is 5.10 Å². The van der Waals surface area contributed by atoms with Crippen molar-refractivity contribution >= 4 is 17.5 Å². The Labute approximate surface area is 199 Å². The number of hydrogen-bond acceptors (Lipinski definition) is 5. The van der Waals surface area contributed by atoms with E-state index in [1.54, 1.807) is 9.58 Å². The summed E-state index contributed by atoms with van der Waals surface area (Å²) in [4.78, 5) is 27.4. The minimum Gasteiger partial charge on any atom is -0.379 e. The van der Waals surface area contributed by atoms with Crippen molar-refractivity contribution in [2.75, 3.05) is 18.1 Å². The number of nitrogens with one attached hydrogen (secondary N) is 1. The number of carbonyl (C=O) groups is 2. The van der Waals surface area contributed by atoms with Gasteiger partial charge in [-0.1, -0.05) is 47.7 Å². The van der Waals surface area contributed by atoms with Gasteiger partial charge in [-0.3, -0.25) is 9.59 Å². The zero-order valence-electron chi connectivity index (χ0n) is 20.0. The Morgan fingerprint density at radius 2 is 1.82 bits per heavy atom. The predicted molar refractivity (Wildman–Crippen MR) is 131 cm³/mol. The van der Waals surface area contributed by atoms with E-state index >= 15 is 0 Å². The lowest BCUT2D eigenvalue weighted by Crippen LogP contribution is -2.35. The average Bonchev–Trinajstić information content (AvgIpc) is 3.21. The van der Waals surface area contributed by atoms with Crippen LogP contribution in [0.15, 0.2) is 48.5 Å². The summed E-state index contributed by atoms with van der Waals surface area (Å²) >= 11 is 0. The van der Waals surface area contributed by atoms with Crippen LogP contribution in [0, 0.1) is 0 Å². The van der Waals surface area contributed by atoms with Crippen molar-refractivity contribution < 1.29 is 14.3 Å². The van der Waals surface area contributed by atoms with Gasteiger partial charge >= 0.3 is 0 Å². The molecule has 0 saturated heterocycles. The molecule has 8 nitrogen and oxygen atoms in total. The number of carbonyl (C=O) groups excluding carboxylic acids is 2. The molecule has 0 bridgehead atoms. The molecule has 2 aromatic carbocycles. The quantitative estimate of drug-likeness (QED) is 0.552. The van der Waals surface area contributed by atoms with Crippen molar-refractivity contribution in [3.05, 3.63) is 54.1 Å². The molecule has 34 heavy (non-hydrogen) atoms. The first-order valence-corrected chi connectivity index (χ1v) is 11.8. The number of ether oxygens (including phenoxy) is 1. The molecule has 178 valence electrons. The number of anilines is 1. The summed E-state index contributed by atoms with van der Waals surface area (Å²) in [5.74, 6) is -0.125. The molecule has 2 heterocycles. The van der Waals surface area contributed by atoms with Gasteiger partial charge in [0.25, 0.3) is 0 Å². The fourth-order valence-electron chi connectivity index (χ4n) is 4.35. The Morgan fingerprint density at radius 3 is 2.62 bits per heavy atom. The zero-order chi connectivity index (χ0) is 24.1. The molecular formula is C26H31N5O3. The molecule has 0 spiro atoms. The number of aromatic nitrogens is 3. The largest absolute Gasteiger partial charge is 0.379 e. The van der Waals surface area contributed by atoms with Gasteiger partial charge in [0.05, 0.1) is 24.0 Å². The molecular weight excluding hydrogens is 430 g/mol. The first kappa shape index (κ1) is 23.6. The smallest absolute Gasteiger partial charge is 0.229 e. The number of aryl methyl sites for hydroxylation is 1. The number of hydrogen-bond donors (Lipinski definition) is 1. The van der Waals surface area contributed by atoms with Gasteiger partial charge in [-0.05, 0) is 31.9 Å². The third-order valence-electron chi connectivity index (χ3n) is 6.07. The number of nitrogens with zero attached hydrogens (tertiary/aromatic N) is 4. The van der Waals surface area contributed by atoms with Crippen molar-refractivity contribution in [2.24, 2.45) is 7.05 Å². The first-order chi connectivity index (χ1) is 16.5. The number of amides is 2. The van der Waals surface area contributed by atoms with Crippen LogP contribution in [0.5, 0.6) is 0 Å². The van der Waals surface area contributed by atoms with Crippen LogP contribution >= 0.6 is 0 Å².